The first-order valence-corrected chi connectivity index (χ1v) is 6.28. The van der Waals surface area contributed by atoms with E-state index in [2.05, 4.69) is 0 Å². The van der Waals surface area contributed by atoms with Crippen LogP contribution >= 0.6 is 11.6 Å². The lowest BCUT2D eigenvalue weighted by molar-refractivity contribution is -0.148. The van der Waals surface area contributed by atoms with E-state index in [-0.39, 0.29) is 5.78 Å². The van der Waals surface area contributed by atoms with Crippen LogP contribution in [0.5, 0.6) is 0 Å². The van der Waals surface area contributed by atoms with Gasteiger partial charge in [-0.1, -0.05) is 11.6 Å². The van der Waals surface area contributed by atoms with Gasteiger partial charge in [0.25, 0.3) is 0 Å². The van der Waals surface area contributed by atoms with Gasteiger partial charge in [-0.15, -0.1) is 0 Å². The van der Waals surface area contributed by atoms with E-state index in [1.54, 1.807) is 39.0 Å². The third-order valence-electron chi connectivity index (χ3n) is 2.20. The van der Waals surface area contributed by atoms with Gasteiger partial charge in [-0.2, -0.15) is 0 Å². The molecule has 0 heterocycles. The lowest BCUT2D eigenvalue weighted by atomic mass is 10.0. The zero-order chi connectivity index (χ0) is 14.6. The average Bonchev–Trinajstić information content (AvgIpc) is 2.23. The van der Waals surface area contributed by atoms with Crippen LogP contribution in [0, 0.1) is 0 Å². The van der Waals surface area contributed by atoms with E-state index in [0.717, 1.165) is 0 Å². The Hall–Kier alpha value is -1.61. The number of ketones is 1. The zero-order valence-electron chi connectivity index (χ0n) is 11.5. The van der Waals surface area contributed by atoms with Gasteiger partial charge in [-0.05, 0) is 57.5 Å². The molecule has 0 unspecified atom stereocenters. The number of rotatable bonds is 3. The molecule has 0 aliphatic rings. The summed E-state index contributed by atoms with van der Waals surface area (Å²) in [5.41, 5.74) is 0.578. The smallest absolute Gasteiger partial charge is 0.331 e. The van der Waals surface area contributed by atoms with Crippen LogP contribution < -0.4 is 0 Å². The van der Waals surface area contributed by atoms with Crippen LogP contribution in [-0.4, -0.2) is 17.4 Å². The second kappa shape index (κ2) is 6.02. The van der Waals surface area contributed by atoms with E-state index in [1.807, 2.05) is 0 Å². The molecule has 1 rings (SSSR count). The number of halogens is 1. The molecule has 3 nitrogen and oxygen atoms in total. The van der Waals surface area contributed by atoms with Crippen LogP contribution in [-0.2, 0) is 9.53 Å². The van der Waals surface area contributed by atoms with E-state index >= 15 is 0 Å². The van der Waals surface area contributed by atoms with Crippen molar-refractivity contribution in [2.45, 2.75) is 33.3 Å². The van der Waals surface area contributed by atoms with Gasteiger partial charge in [0, 0.05) is 16.7 Å². The van der Waals surface area contributed by atoms with Crippen molar-refractivity contribution in [3.8, 4) is 0 Å². The first-order valence-electron chi connectivity index (χ1n) is 5.90. The molecule has 19 heavy (non-hydrogen) atoms. The van der Waals surface area contributed by atoms with E-state index in [9.17, 15) is 9.59 Å². The number of ether oxygens (including phenoxy) is 1. The third kappa shape index (κ3) is 5.26. The highest BCUT2D eigenvalue weighted by Gasteiger charge is 2.14. The van der Waals surface area contributed by atoms with E-state index in [1.165, 1.54) is 19.1 Å². The SMILES string of the molecule is CC(=O)c1ccc(Cl)cc1/C=C/C(=O)OC(C)(C)C. The Morgan fingerprint density at radius 1 is 1.26 bits per heavy atom. The van der Waals surface area contributed by atoms with E-state index < -0.39 is 11.6 Å². The maximum Gasteiger partial charge on any atom is 0.331 e. The molecule has 1 aromatic rings. The van der Waals surface area contributed by atoms with Gasteiger partial charge in [-0.25, -0.2) is 4.79 Å². The largest absolute Gasteiger partial charge is 0.457 e. The summed E-state index contributed by atoms with van der Waals surface area (Å²) in [6, 6.07) is 4.92. The predicted octanol–water partition coefficient (Wildman–Crippen LogP) is 3.90. The summed E-state index contributed by atoms with van der Waals surface area (Å²) >= 11 is 5.88. The number of Topliss-reactive ketones (excluding diaryl/α,β-unsaturated/α-hetero) is 1. The third-order valence-corrected chi connectivity index (χ3v) is 2.43. The summed E-state index contributed by atoms with van der Waals surface area (Å²) < 4.78 is 5.15. The first-order chi connectivity index (χ1) is 8.69. The molecule has 0 spiro atoms. The summed E-state index contributed by atoms with van der Waals surface area (Å²) in [6.07, 6.45) is 2.83. The Morgan fingerprint density at radius 3 is 2.42 bits per heavy atom. The number of benzene rings is 1. The first kappa shape index (κ1) is 15.4. The highest BCUT2D eigenvalue weighted by molar-refractivity contribution is 6.30. The molecule has 0 saturated heterocycles. The molecule has 0 bridgehead atoms. The summed E-state index contributed by atoms with van der Waals surface area (Å²) in [4.78, 5) is 23.0. The standard InChI is InChI=1S/C15H17ClO3/c1-10(17)13-7-6-12(16)9-11(13)5-8-14(18)19-15(2,3)4/h5-9H,1-4H3/b8-5+. The van der Waals surface area contributed by atoms with Crippen molar-refractivity contribution in [1.29, 1.82) is 0 Å². The number of hydrogen-bond acceptors (Lipinski definition) is 3. The molecule has 4 heteroatoms. The molecular weight excluding hydrogens is 264 g/mol. The molecule has 0 radical (unpaired) electrons. The highest BCUT2D eigenvalue weighted by atomic mass is 35.5. The Labute approximate surface area is 118 Å². The van der Waals surface area contributed by atoms with Gasteiger partial charge < -0.3 is 4.74 Å². The Kier molecular flexibility index (Phi) is 4.90. The van der Waals surface area contributed by atoms with Crippen molar-refractivity contribution in [3.05, 3.63) is 40.4 Å². The topological polar surface area (TPSA) is 43.4 Å². The van der Waals surface area contributed by atoms with E-state index in [4.69, 9.17) is 16.3 Å². The van der Waals surface area contributed by atoms with Gasteiger partial charge in [-0.3, -0.25) is 4.79 Å². The van der Waals surface area contributed by atoms with Crippen LogP contribution in [0.3, 0.4) is 0 Å². The Morgan fingerprint density at radius 2 is 1.89 bits per heavy atom. The van der Waals surface area contributed by atoms with E-state index in [0.29, 0.717) is 16.1 Å². The molecule has 0 N–H and O–H groups in total. The van der Waals surface area contributed by atoms with Gasteiger partial charge in [0.2, 0.25) is 0 Å². The lowest BCUT2D eigenvalue weighted by Gasteiger charge is -2.17. The molecule has 0 aliphatic heterocycles. The molecule has 0 fully saturated rings. The minimum atomic E-state index is -0.542. The maximum absolute atomic E-state index is 11.6. The fraction of sp³-hybridized carbons (Fsp3) is 0.333. The van der Waals surface area contributed by atoms with Gasteiger partial charge in [0.05, 0.1) is 0 Å². The number of carbonyl (C=O) groups is 2. The maximum atomic E-state index is 11.6. The molecule has 102 valence electrons. The second-order valence-corrected chi connectivity index (χ2v) is 5.59. The Balaban J connectivity index is 2.95. The van der Waals surface area contributed by atoms with Crippen LogP contribution in [0.15, 0.2) is 24.3 Å². The van der Waals surface area contributed by atoms with Gasteiger partial charge in [0.15, 0.2) is 5.78 Å². The summed E-state index contributed by atoms with van der Waals surface area (Å²) in [5, 5.41) is 0.508. The van der Waals surface area contributed by atoms with Gasteiger partial charge >= 0.3 is 5.97 Å². The van der Waals surface area contributed by atoms with Crippen LogP contribution in [0.1, 0.15) is 43.6 Å². The lowest BCUT2D eigenvalue weighted by Crippen LogP contribution is -2.22. The average molecular weight is 281 g/mol. The monoisotopic (exact) mass is 280 g/mol. The van der Waals surface area contributed by atoms with Crippen LogP contribution in [0.2, 0.25) is 5.02 Å². The van der Waals surface area contributed by atoms with Crippen molar-refractivity contribution >= 4 is 29.4 Å². The summed E-state index contributed by atoms with van der Waals surface area (Å²) in [7, 11) is 0. The predicted molar refractivity (Wildman–Crippen MR) is 76.3 cm³/mol. The summed E-state index contributed by atoms with van der Waals surface area (Å²) in [5.74, 6) is -0.539. The van der Waals surface area contributed by atoms with Crippen LogP contribution in [0.25, 0.3) is 6.08 Å². The molecule has 0 aromatic heterocycles. The number of hydrogen-bond donors (Lipinski definition) is 0. The molecule has 0 atom stereocenters. The molecule has 0 amide bonds. The highest BCUT2D eigenvalue weighted by Crippen LogP contribution is 2.18. The van der Waals surface area contributed by atoms with Crippen molar-refractivity contribution < 1.29 is 14.3 Å². The fourth-order valence-electron chi connectivity index (χ4n) is 1.49. The zero-order valence-corrected chi connectivity index (χ0v) is 12.2. The van der Waals surface area contributed by atoms with Crippen LogP contribution in [0.4, 0.5) is 0 Å². The quantitative estimate of drug-likeness (QED) is 0.479. The Bertz CT molecular complexity index is 525. The minimum Gasteiger partial charge on any atom is -0.457 e. The van der Waals surface area contributed by atoms with Gasteiger partial charge in [0.1, 0.15) is 5.60 Å². The molecule has 1 aromatic carbocycles. The summed E-state index contributed by atoms with van der Waals surface area (Å²) in [6.45, 7) is 6.84. The molecule has 0 aliphatic carbocycles. The van der Waals surface area contributed by atoms with Crippen molar-refractivity contribution in [1.82, 2.24) is 0 Å². The van der Waals surface area contributed by atoms with Crippen molar-refractivity contribution in [2.75, 3.05) is 0 Å². The minimum absolute atomic E-state index is 0.0829. The number of carbonyl (C=O) groups excluding carboxylic acids is 2. The molecule has 0 saturated carbocycles. The van der Waals surface area contributed by atoms with Crippen molar-refractivity contribution in [2.24, 2.45) is 0 Å². The molecular formula is C15H17ClO3. The number of esters is 1. The second-order valence-electron chi connectivity index (χ2n) is 5.15. The van der Waals surface area contributed by atoms with Crippen molar-refractivity contribution in [3.63, 3.8) is 0 Å². The normalized spacial score (nSPS) is 11.6. The fourth-order valence-corrected chi connectivity index (χ4v) is 1.67.